The molecule has 0 fully saturated rings. The Bertz CT molecular complexity index is 644. The molecule has 1 heterocycles. The van der Waals surface area contributed by atoms with E-state index in [-0.39, 0.29) is 22.5 Å². The highest BCUT2D eigenvalue weighted by Gasteiger charge is 2.15. The Kier molecular flexibility index (Phi) is 4.35. The number of rotatable bonds is 4. The fourth-order valence-corrected chi connectivity index (χ4v) is 1.96. The van der Waals surface area contributed by atoms with Gasteiger partial charge >= 0.3 is 0 Å². The van der Waals surface area contributed by atoms with Crippen molar-refractivity contribution in [3.05, 3.63) is 58.6 Å². The first-order valence-electron chi connectivity index (χ1n) is 6.09. The zero-order valence-electron chi connectivity index (χ0n) is 11.1. The maximum absolute atomic E-state index is 13.0. The summed E-state index contributed by atoms with van der Waals surface area (Å²) in [4.78, 5) is 16.3. The molecular weight excluding hydrogens is 281 g/mol. The van der Waals surface area contributed by atoms with Crippen LogP contribution in [0.4, 0.5) is 4.39 Å². The molecule has 0 unspecified atom stereocenters. The lowest BCUT2D eigenvalue weighted by atomic mass is 10.0. The van der Waals surface area contributed by atoms with Gasteiger partial charge in [-0.2, -0.15) is 0 Å². The van der Waals surface area contributed by atoms with Gasteiger partial charge < -0.3 is 4.74 Å². The molecule has 5 heteroatoms. The molecule has 0 saturated carbocycles. The summed E-state index contributed by atoms with van der Waals surface area (Å²) >= 11 is 5.89. The minimum atomic E-state index is -0.485. The quantitative estimate of drug-likeness (QED) is 0.803. The summed E-state index contributed by atoms with van der Waals surface area (Å²) in [5.41, 5.74) is 0.577. The van der Waals surface area contributed by atoms with E-state index in [0.29, 0.717) is 11.3 Å². The van der Waals surface area contributed by atoms with Crippen molar-refractivity contribution in [2.75, 3.05) is 0 Å². The number of carbonyl (C=O) groups is 1. The molecule has 0 saturated heterocycles. The van der Waals surface area contributed by atoms with Crippen molar-refractivity contribution >= 4 is 17.4 Å². The summed E-state index contributed by atoms with van der Waals surface area (Å²) in [6, 6.07) is 5.25. The maximum Gasteiger partial charge on any atom is 0.196 e. The van der Waals surface area contributed by atoms with Crippen molar-refractivity contribution in [2.24, 2.45) is 0 Å². The summed E-state index contributed by atoms with van der Waals surface area (Å²) in [5.74, 6) is -0.303. The molecule has 0 radical (unpaired) electrons. The van der Waals surface area contributed by atoms with E-state index in [1.54, 1.807) is 6.07 Å². The summed E-state index contributed by atoms with van der Waals surface area (Å²) in [6.45, 7) is 3.76. The molecule has 0 aliphatic rings. The van der Waals surface area contributed by atoms with Gasteiger partial charge in [0.15, 0.2) is 5.78 Å². The molecule has 0 aliphatic carbocycles. The van der Waals surface area contributed by atoms with Crippen LogP contribution in [0.5, 0.6) is 5.75 Å². The highest BCUT2D eigenvalue weighted by atomic mass is 35.5. The molecule has 0 aliphatic heterocycles. The number of hydrogen-bond donors (Lipinski definition) is 0. The van der Waals surface area contributed by atoms with Crippen molar-refractivity contribution in [2.45, 2.75) is 20.0 Å². The van der Waals surface area contributed by atoms with E-state index in [4.69, 9.17) is 16.3 Å². The molecule has 0 spiro atoms. The van der Waals surface area contributed by atoms with Gasteiger partial charge in [-0.15, -0.1) is 0 Å². The van der Waals surface area contributed by atoms with Crippen molar-refractivity contribution < 1.29 is 13.9 Å². The van der Waals surface area contributed by atoms with Crippen LogP contribution in [-0.2, 0) is 0 Å². The van der Waals surface area contributed by atoms with Crippen LogP contribution in [0.3, 0.4) is 0 Å². The fraction of sp³-hybridized carbons (Fsp3) is 0.200. The normalized spacial score (nSPS) is 10.7. The van der Waals surface area contributed by atoms with Crippen molar-refractivity contribution in [1.82, 2.24) is 4.98 Å². The van der Waals surface area contributed by atoms with E-state index in [1.165, 1.54) is 24.5 Å². The number of nitrogens with zero attached hydrogens (tertiary/aromatic N) is 1. The van der Waals surface area contributed by atoms with E-state index < -0.39 is 5.82 Å². The Morgan fingerprint density at radius 1 is 1.30 bits per heavy atom. The van der Waals surface area contributed by atoms with Crippen molar-refractivity contribution in [3.8, 4) is 5.75 Å². The van der Waals surface area contributed by atoms with Crippen LogP contribution >= 0.6 is 11.6 Å². The van der Waals surface area contributed by atoms with E-state index in [9.17, 15) is 9.18 Å². The third kappa shape index (κ3) is 3.33. The SMILES string of the molecule is CC(C)Oc1cncc(C(=O)c2ccc(F)cc2Cl)c1. The molecule has 2 rings (SSSR count). The second-order valence-electron chi connectivity index (χ2n) is 4.53. The van der Waals surface area contributed by atoms with Gasteiger partial charge in [-0.05, 0) is 38.1 Å². The lowest BCUT2D eigenvalue weighted by Gasteiger charge is -2.10. The monoisotopic (exact) mass is 293 g/mol. The Morgan fingerprint density at radius 2 is 2.05 bits per heavy atom. The molecule has 104 valence electrons. The van der Waals surface area contributed by atoms with Gasteiger partial charge in [0.1, 0.15) is 11.6 Å². The largest absolute Gasteiger partial charge is 0.489 e. The zero-order valence-corrected chi connectivity index (χ0v) is 11.8. The molecule has 0 N–H and O–H groups in total. The molecule has 3 nitrogen and oxygen atoms in total. The molecule has 0 bridgehead atoms. The molecule has 1 aromatic carbocycles. The Labute approximate surface area is 121 Å². The minimum Gasteiger partial charge on any atom is -0.489 e. The number of halogens is 2. The third-order valence-electron chi connectivity index (χ3n) is 2.52. The molecule has 20 heavy (non-hydrogen) atoms. The first-order valence-corrected chi connectivity index (χ1v) is 6.46. The standard InChI is InChI=1S/C15H13ClFNO2/c1-9(2)20-12-5-10(7-18-8-12)15(19)13-4-3-11(17)6-14(13)16/h3-9H,1-2H3. The van der Waals surface area contributed by atoms with E-state index in [2.05, 4.69) is 4.98 Å². The van der Waals surface area contributed by atoms with Gasteiger partial charge in [0.05, 0.1) is 17.3 Å². The topological polar surface area (TPSA) is 39.2 Å². The van der Waals surface area contributed by atoms with E-state index in [1.807, 2.05) is 13.8 Å². The van der Waals surface area contributed by atoms with E-state index >= 15 is 0 Å². The number of pyridine rings is 1. The summed E-state index contributed by atoms with van der Waals surface area (Å²) in [6.07, 6.45) is 2.94. The van der Waals surface area contributed by atoms with Crippen LogP contribution < -0.4 is 4.74 Å². The first kappa shape index (κ1) is 14.5. The zero-order chi connectivity index (χ0) is 14.7. The van der Waals surface area contributed by atoms with Gasteiger partial charge in [-0.25, -0.2) is 4.39 Å². The second kappa shape index (κ2) is 6.01. The Morgan fingerprint density at radius 3 is 2.70 bits per heavy atom. The maximum atomic E-state index is 13.0. The van der Waals surface area contributed by atoms with Crippen LogP contribution in [0.25, 0.3) is 0 Å². The van der Waals surface area contributed by atoms with Crippen LogP contribution in [0.1, 0.15) is 29.8 Å². The van der Waals surface area contributed by atoms with Crippen LogP contribution in [0.2, 0.25) is 5.02 Å². The molecular formula is C15H13ClFNO2. The number of ketones is 1. The van der Waals surface area contributed by atoms with Crippen LogP contribution in [0.15, 0.2) is 36.7 Å². The number of benzene rings is 1. The van der Waals surface area contributed by atoms with Gasteiger partial charge in [0.2, 0.25) is 0 Å². The van der Waals surface area contributed by atoms with Gasteiger partial charge in [0, 0.05) is 17.3 Å². The van der Waals surface area contributed by atoms with Gasteiger partial charge in [-0.1, -0.05) is 11.6 Å². The average Bonchev–Trinajstić information content (AvgIpc) is 2.37. The molecule has 0 amide bonds. The third-order valence-corrected chi connectivity index (χ3v) is 2.84. The number of carbonyl (C=O) groups excluding carboxylic acids is 1. The average molecular weight is 294 g/mol. The fourth-order valence-electron chi connectivity index (χ4n) is 1.71. The first-order chi connectivity index (χ1) is 9.47. The Hall–Kier alpha value is -1.94. The predicted octanol–water partition coefficient (Wildman–Crippen LogP) is 3.89. The van der Waals surface area contributed by atoms with Crippen LogP contribution in [0, 0.1) is 5.82 Å². The molecule has 1 aromatic heterocycles. The summed E-state index contributed by atoms with van der Waals surface area (Å²) < 4.78 is 18.5. The lowest BCUT2D eigenvalue weighted by molar-refractivity contribution is 0.103. The lowest BCUT2D eigenvalue weighted by Crippen LogP contribution is -2.08. The second-order valence-corrected chi connectivity index (χ2v) is 4.94. The highest BCUT2D eigenvalue weighted by molar-refractivity contribution is 6.35. The molecule has 2 aromatic rings. The minimum absolute atomic E-state index is 0.0171. The Balaban J connectivity index is 2.33. The number of hydrogen-bond acceptors (Lipinski definition) is 3. The van der Waals surface area contributed by atoms with Gasteiger partial charge in [0.25, 0.3) is 0 Å². The van der Waals surface area contributed by atoms with Gasteiger partial charge in [-0.3, -0.25) is 9.78 Å². The summed E-state index contributed by atoms with van der Waals surface area (Å²) in [7, 11) is 0. The summed E-state index contributed by atoms with van der Waals surface area (Å²) in [5, 5.41) is 0.0742. The molecule has 0 atom stereocenters. The van der Waals surface area contributed by atoms with E-state index in [0.717, 1.165) is 6.07 Å². The number of aromatic nitrogens is 1. The van der Waals surface area contributed by atoms with Crippen molar-refractivity contribution in [1.29, 1.82) is 0 Å². The number of ether oxygens (including phenoxy) is 1. The smallest absolute Gasteiger partial charge is 0.196 e. The van der Waals surface area contributed by atoms with Crippen LogP contribution in [-0.4, -0.2) is 16.9 Å². The van der Waals surface area contributed by atoms with Crippen molar-refractivity contribution in [3.63, 3.8) is 0 Å². The predicted molar refractivity (Wildman–Crippen MR) is 74.8 cm³/mol. The highest BCUT2D eigenvalue weighted by Crippen LogP contribution is 2.22.